The Kier molecular flexibility index (Phi) is 3.07. The van der Waals surface area contributed by atoms with Crippen molar-refractivity contribution in [1.29, 1.82) is 0 Å². The Morgan fingerprint density at radius 2 is 1.85 bits per heavy atom. The van der Waals surface area contributed by atoms with Crippen LogP contribution in [0.15, 0.2) is 24.4 Å². The Morgan fingerprint density at radius 3 is 2.62 bits per heavy atom. The lowest BCUT2D eigenvalue weighted by Crippen LogP contribution is -2.00. The van der Waals surface area contributed by atoms with Gasteiger partial charge in [0.2, 0.25) is 0 Å². The van der Waals surface area contributed by atoms with Crippen LogP contribution in [-0.4, -0.2) is 39.4 Å². The quantitative estimate of drug-likeness (QED) is 0.567. The predicted octanol–water partition coefficient (Wildman–Crippen LogP) is 2.15. The molecule has 4 aromatic rings. The molecule has 4 heterocycles. The first-order chi connectivity index (χ1) is 12.5. The molecule has 2 atom stereocenters. The van der Waals surface area contributed by atoms with Gasteiger partial charge in [0.25, 0.3) is 0 Å². The summed E-state index contributed by atoms with van der Waals surface area (Å²) in [4.78, 5) is 0. The third-order valence-corrected chi connectivity index (χ3v) is 5.20. The van der Waals surface area contributed by atoms with E-state index >= 15 is 0 Å². The highest BCUT2D eigenvalue weighted by Gasteiger charge is 2.43. The summed E-state index contributed by atoms with van der Waals surface area (Å²) in [5.74, 6) is 1.75. The summed E-state index contributed by atoms with van der Waals surface area (Å²) in [5, 5.41) is 22.1. The van der Waals surface area contributed by atoms with Crippen molar-refractivity contribution in [2.24, 2.45) is 14.1 Å². The number of aromatic nitrogens is 8. The molecule has 1 aliphatic rings. The molecule has 8 nitrogen and oxygen atoms in total. The zero-order valence-corrected chi connectivity index (χ0v) is 15.2. The van der Waals surface area contributed by atoms with Crippen molar-refractivity contribution in [3.63, 3.8) is 0 Å². The standard InChI is InChI=1S/C18H20N8/c1-10-14(9-24(3)21-10)12-7-13(12)16-8-17(25(4)22-16)15-5-6-18-20-19-11(2)26(18)23-15/h5-6,8-9,12-13H,7H2,1-4H3. The van der Waals surface area contributed by atoms with Gasteiger partial charge in [0.15, 0.2) is 11.5 Å². The first-order valence-corrected chi connectivity index (χ1v) is 8.75. The molecule has 0 N–H and O–H groups in total. The fourth-order valence-corrected chi connectivity index (χ4v) is 3.79. The van der Waals surface area contributed by atoms with E-state index in [0.717, 1.165) is 40.7 Å². The van der Waals surface area contributed by atoms with E-state index < -0.39 is 0 Å². The van der Waals surface area contributed by atoms with Crippen LogP contribution in [0, 0.1) is 13.8 Å². The van der Waals surface area contributed by atoms with E-state index in [9.17, 15) is 0 Å². The highest BCUT2D eigenvalue weighted by Crippen LogP contribution is 2.55. The fraction of sp³-hybridized carbons (Fsp3) is 0.389. The maximum Gasteiger partial charge on any atom is 0.177 e. The van der Waals surface area contributed by atoms with Crippen molar-refractivity contribution in [2.45, 2.75) is 32.1 Å². The van der Waals surface area contributed by atoms with Gasteiger partial charge in [-0.05, 0) is 49.9 Å². The Morgan fingerprint density at radius 1 is 1.00 bits per heavy atom. The van der Waals surface area contributed by atoms with Gasteiger partial charge >= 0.3 is 0 Å². The van der Waals surface area contributed by atoms with Crippen molar-refractivity contribution >= 4 is 5.65 Å². The fourth-order valence-electron chi connectivity index (χ4n) is 3.79. The molecule has 132 valence electrons. The Hall–Kier alpha value is -3.03. The van der Waals surface area contributed by atoms with E-state index in [0.29, 0.717) is 11.8 Å². The van der Waals surface area contributed by atoms with Gasteiger partial charge in [-0.25, -0.2) is 0 Å². The van der Waals surface area contributed by atoms with Gasteiger partial charge in [0.1, 0.15) is 5.69 Å². The van der Waals surface area contributed by atoms with Crippen molar-refractivity contribution in [3.8, 4) is 11.4 Å². The number of aryl methyl sites for hydroxylation is 4. The minimum absolute atomic E-state index is 0.457. The average Bonchev–Trinajstić information content (AvgIpc) is 3.01. The molecule has 0 aliphatic heterocycles. The largest absolute Gasteiger partial charge is 0.275 e. The minimum Gasteiger partial charge on any atom is -0.275 e. The molecule has 0 spiro atoms. The first kappa shape index (κ1) is 15.2. The average molecular weight is 348 g/mol. The molecule has 0 bridgehead atoms. The molecule has 1 fully saturated rings. The smallest absolute Gasteiger partial charge is 0.177 e. The van der Waals surface area contributed by atoms with Crippen LogP contribution >= 0.6 is 0 Å². The van der Waals surface area contributed by atoms with Crippen molar-refractivity contribution in [2.75, 3.05) is 0 Å². The van der Waals surface area contributed by atoms with Crippen molar-refractivity contribution in [1.82, 2.24) is 39.4 Å². The molecule has 4 aromatic heterocycles. The molecule has 0 saturated heterocycles. The molecular weight excluding hydrogens is 328 g/mol. The lowest BCUT2D eigenvalue weighted by molar-refractivity contribution is 0.741. The van der Waals surface area contributed by atoms with Gasteiger partial charge in [-0.1, -0.05) is 0 Å². The third-order valence-electron chi connectivity index (χ3n) is 5.20. The minimum atomic E-state index is 0.457. The van der Waals surface area contributed by atoms with E-state index in [2.05, 4.69) is 39.6 Å². The molecule has 1 aliphatic carbocycles. The lowest BCUT2D eigenvalue weighted by atomic mass is 10.1. The lowest BCUT2D eigenvalue weighted by Gasteiger charge is -2.01. The summed E-state index contributed by atoms with van der Waals surface area (Å²) in [6.07, 6.45) is 3.26. The number of rotatable bonds is 3. The zero-order chi connectivity index (χ0) is 18.0. The molecule has 5 rings (SSSR count). The summed E-state index contributed by atoms with van der Waals surface area (Å²) in [5.41, 5.74) is 6.21. The summed E-state index contributed by atoms with van der Waals surface area (Å²) < 4.78 is 5.57. The van der Waals surface area contributed by atoms with E-state index in [1.807, 2.05) is 42.5 Å². The van der Waals surface area contributed by atoms with Crippen LogP contribution in [-0.2, 0) is 14.1 Å². The SMILES string of the molecule is Cc1nn(C)cc1C1CC1c1cc(-c2ccc3nnc(C)n3n2)n(C)n1. The van der Waals surface area contributed by atoms with Gasteiger partial charge in [-0.15, -0.1) is 10.2 Å². The number of hydrogen-bond acceptors (Lipinski definition) is 5. The number of nitrogens with zero attached hydrogens (tertiary/aromatic N) is 8. The number of fused-ring (bicyclic) bond motifs is 1. The topological polar surface area (TPSA) is 78.7 Å². The second-order valence-electron chi connectivity index (χ2n) is 7.11. The zero-order valence-electron chi connectivity index (χ0n) is 15.2. The van der Waals surface area contributed by atoms with E-state index in [1.165, 1.54) is 5.56 Å². The molecule has 0 amide bonds. The summed E-state index contributed by atoms with van der Waals surface area (Å²) in [6, 6.07) is 6.07. The van der Waals surface area contributed by atoms with Gasteiger partial charge in [-0.3, -0.25) is 9.36 Å². The van der Waals surface area contributed by atoms with Gasteiger partial charge in [-0.2, -0.15) is 19.8 Å². The second kappa shape index (κ2) is 5.23. The maximum absolute atomic E-state index is 4.76. The van der Waals surface area contributed by atoms with Crippen LogP contribution in [0.4, 0.5) is 0 Å². The molecule has 0 aromatic carbocycles. The van der Waals surface area contributed by atoms with Crippen molar-refractivity contribution < 1.29 is 0 Å². The van der Waals surface area contributed by atoms with E-state index in [1.54, 1.807) is 4.52 Å². The Balaban J connectivity index is 1.48. The van der Waals surface area contributed by atoms with Crippen LogP contribution < -0.4 is 0 Å². The highest BCUT2D eigenvalue weighted by atomic mass is 15.4. The molecule has 26 heavy (non-hydrogen) atoms. The maximum atomic E-state index is 4.76. The Bertz CT molecular complexity index is 1130. The van der Waals surface area contributed by atoms with Crippen LogP contribution in [0.2, 0.25) is 0 Å². The number of hydrogen-bond donors (Lipinski definition) is 0. The summed E-state index contributed by atoms with van der Waals surface area (Å²) >= 11 is 0. The van der Waals surface area contributed by atoms with Gasteiger partial charge in [0, 0.05) is 26.2 Å². The summed E-state index contributed by atoms with van der Waals surface area (Å²) in [7, 11) is 3.94. The van der Waals surface area contributed by atoms with Gasteiger partial charge < -0.3 is 0 Å². The predicted molar refractivity (Wildman–Crippen MR) is 95.8 cm³/mol. The monoisotopic (exact) mass is 348 g/mol. The first-order valence-electron chi connectivity index (χ1n) is 8.75. The van der Waals surface area contributed by atoms with Crippen LogP contribution in [0.25, 0.3) is 17.0 Å². The molecule has 2 unspecified atom stereocenters. The second-order valence-corrected chi connectivity index (χ2v) is 7.11. The third kappa shape index (κ3) is 2.25. The van der Waals surface area contributed by atoms with Crippen LogP contribution in [0.1, 0.15) is 41.0 Å². The normalized spacial score (nSPS) is 19.4. The van der Waals surface area contributed by atoms with Gasteiger partial charge in [0.05, 0.1) is 17.1 Å². The molecular formula is C18H20N8. The van der Waals surface area contributed by atoms with Crippen molar-refractivity contribution in [3.05, 3.63) is 47.2 Å². The Labute approximate surface area is 150 Å². The molecule has 0 radical (unpaired) electrons. The molecule has 1 saturated carbocycles. The summed E-state index contributed by atoms with van der Waals surface area (Å²) in [6.45, 7) is 3.98. The van der Waals surface area contributed by atoms with Crippen LogP contribution in [0.5, 0.6) is 0 Å². The van der Waals surface area contributed by atoms with Crippen LogP contribution in [0.3, 0.4) is 0 Å². The van der Waals surface area contributed by atoms with E-state index in [4.69, 9.17) is 5.10 Å². The molecule has 8 heteroatoms. The van der Waals surface area contributed by atoms with E-state index in [-0.39, 0.29) is 0 Å². The highest BCUT2D eigenvalue weighted by molar-refractivity contribution is 5.57.